The summed E-state index contributed by atoms with van der Waals surface area (Å²) in [5.41, 5.74) is 1.40. The number of benzene rings is 2. The zero-order valence-corrected chi connectivity index (χ0v) is 14.4. The smallest absolute Gasteiger partial charge is 0.254 e. The van der Waals surface area contributed by atoms with Gasteiger partial charge in [-0.2, -0.15) is 0 Å². The molecule has 140 valence electrons. The van der Waals surface area contributed by atoms with Crippen LogP contribution in [0.25, 0.3) is 10.9 Å². The van der Waals surface area contributed by atoms with Crippen LogP contribution >= 0.6 is 0 Å². The maximum absolute atomic E-state index is 13.3. The SMILES string of the molecule is O=C(c1ccc2cc[nH]c2c1)N1CC[C@@H](Oc2cc(F)cc(F)c2)[C@H](O)C1. The van der Waals surface area contributed by atoms with Gasteiger partial charge in [-0.05, 0) is 23.6 Å². The first-order valence-corrected chi connectivity index (χ1v) is 8.67. The molecule has 1 fully saturated rings. The van der Waals surface area contributed by atoms with Crippen LogP contribution in [-0.4, -0.2) is 46.2 Å². The van der Waals surface area contributed by atoms with Gasteiger partial charge >= 0.3 is 0 Å². The topological polar surface area (TPSA) is 65.6 Å². The highest BCUT2D eigenvalue weighted by atomic mass is 19.1. The minimum Gasteiger partial charge on any atom is -0.487 e. The lowest BCUT2D eigenvalue weighted by molar-refractivity contribution is -0.0200. The highest BCUT2D eigenvalue weighted by molar-refractivity contribution is 5.98. The average Bonchev–Trinajstić information content (AvgIpc) is 3.09. The van der Waals surface area contributed by atoms with Crippen LogP contribution in [0.15, 0.2) is 48.7 Å². The number of nitrogens with one attached hydrogen (secondary N) is 1. The number of β-amino-alcohol motifs (C(OH)–C–C–N with tert-alkyl or cyclic N) is 1. The van der Waals surface area contributed by atoms with E-state index in [0.717, 1.165) is 29.1 Å². The van der Waals surface area contributed by atoms with Crippen molar-refractivity contribution < 1.29 is 23.4 Å². The summed E-state index contributed by atoms with van der Waals surface area (Å²) in [6.45, 7) is 0.463. The third kappa shape index (κ3) is 3.64. The number of hydrogen-bond donors (Lipinski definition) is 2. The van der Waals surface area contributed by atoms with E-state index in [-0.39, 0.29) is 18.2 Å². The minimum absolute atomic E-state index is 0.0218. The summed E-state index contributed by atoms with van der Waals surface area (Å²) in [4.78, 5) is 17.4. The van der Waals surface area contributed by atoms with Crippen molar-refractivity contribution in [3.05, 3.63) is 65.9 Å². The van der Waals surface area contributed by atoms with Gasteiger partial charge in [-0.15, -0.1) is 0 Å². The summed E-state index contributed by atoms with van der Waals surface area (Å²) in [5, 5.41) is 11.4. The van der Waals surface area contributed by atoms with Crippen molar-refractivity contribution in [1.82, 2.24) is 9.88 Å². The summed E-state index contributed by atoms with van der Waals surface area (Å²) < 4.78 is 32.1. The molecule has 0 radical (unpaired) electrons. The Balaban J connectivity index is 1.43. The van der Waals surface area contributed by atoms with Crippen molar-refractivity contribution in [2.45, 2.75) is 18.6 Å². The van der Waals surface area contributed by atoms with Gasteiger partial charge in [0.25, 0.3) is 5.91 Å². The van der Waals surface area contributed by atoms with Crippen molar-refractivity contribution in [2.75, 3.05) is 13.1 Å². The zero-order valence-electron chi connectivity index (χ0n) is 14.4. The largest absolute Gasteiger partial charge is 0.487 e. The normalized spacial score (nSPS) is 20.0. The summed E-state index contributed by atoms with van der Waals surface area (Å²) in [6.07, 6.45) is 0.570. The van der Waals surface area contributed by atoms with E-state index in [1.54, 1.807) is 23.2 Å². The van der Waals surface area contributed by atoms with E-state index in [4.69, 9.17) is 4.74 Å². The van der Waals surface area contributed by atoms with Crippen LogP contribution in [-0.2, 0) is 0 Å². The fraction of sp³-hybridized carbons (Fsp3) is 0.250. The Bertz CT molecular complexity index is 968. The first kappa shape index (κ1) is 17.5. The number of ether oxygens (including phenoxy) is 1. The molecule has 1 saturated heterocycles. The molecule has 2 aromatic carbocycles. The third-order valence-corrected chi connectivity index (χ3v) is 4.73. The van der Waals surface area contributed by atoms with Gasteiger partial charge < -0.3 is 19.7 Å². The Labute approximate surface area is 154 Å². The first-order valence-electron chi connectivity index (χ1n) is 8.67. The fourth-order valence-electron chi connectivity index (χ4n) is 3.37. The molecule has 7 heteroatoms. The van der Waals surface area contributed by atoms with Gasteiger partial charge in [-0.1, -0.05) is 6.07 Å². The number of carbonyl (C=O) groups excluding carboxylic acids is 1. The monoisotopic (exact) mass is 372 g/mol. The molecule has 3 aromatic rings. The van der Waals surface area contributed by atoms with Crippen molar-refractivity contribution in [1.29, 1.82) is 0 Å². The highest BCUT2D eigenvalue weighted by Crippen LogP contribution is 2.23. The van der Waals surface area contributed by atoms with E-state index in [1.807, 2.05) is 12.1 Å². The molecular weight excluding hydrogens is 354 g/mol. The molecule has 5 nitrogen and oxygen atoms in total. The van der Waals surface area contributed by atoms with Gasteiger partial charge in [0.05, 0.1) is 6.54 Å². The molecule has 1 aliphatic rings. The van der Waals surface area contributed by atoms with Gasteiger partial charge in [0.2, 0.25) is 0 Å². The molecule has 2 heterocycles. The lowest BCUT2D eigenvalue weighted by atomic mass is 10.0. The van der Waals surface area contributed by atoms with E-state index in [9.17, 15) is 18.7 Å². The second kappa shape index (κ2) is 7.00. The number of nitrogens with zero attached hydrogens (tertiary/aromatic N) is 1. The second-order valence-electron chi connectivity index (χ2n) is 6.65. The summed E-state index contributed by atoms with van der Waals surface area (Å²) >= 11 is 0. The lowest BCUT2D eigenvalue weighted by Gasteiger charge is -2.36. The maximum atomic E-state index is 13.3. The highest BCUT2D eigenvalue weighted by Gasteiger charge is 2.32. The van der Waals surface area contributed by atoms with Gasteiger partial charge in [0.15, 0.2) is 0 Å². The molecule has 1 aliphatic heterocycles. The maximum Gasteiger partial charge on any atom is 0.254 e. The molecule has 4 rings (SSSR count). The molecule has 0 bridgehead atoms. The molecule has 2 atom stereocenters. The molecule has 0 saturated carbocycles. The third-order valence-electron chi connectivity index (χ3n) is 4.73. The Hall–Kier alpha value is -2.93. The van der Waals surface area contributed by atoms with E-state index >= 15 is 0 Å². The van der Waals surface area contributed by atoms with Gasteiger partial charge in [0, 0.05) is 48.4 Å². The Morgan fingerprint density at radius 1 is 1.15 bits per heavy atom. The number of halogens is 2. The van der Waals surface area contributed by atoms with Crippen molar-refractivity contribution in [2.24, 2.45) is 0 Å². The number of hydrogen-bond acceptors (Lipinski definition) is 3. The second-order valence-corrected chi connectivity index (χ2v) is 6.65. The number of rotatable bonds is 3. The number of aromatic nitrogens is 1. The molecule has 1 amide bonds. The van der Waals surface area contributed by atoms with Gasteiger partial charge in [-0.3, -0.25) is 4.79 Å². The van der Waals surface area contributed by atoms with Crippen LogP contribution in [0.5, 0.6) is 5.75 Å². The summed E-state index contributed by atoms with van der Waals surface area (Å²) in [5.74, 6) is -1.65. The molecule has 0 spiro atoms. The number of aliphatic hydroxyl groups is 1. The minimum atomic E-state index is -0.955. The number of carbonyl (C=O) groups is 1. The van der Waals surface area contributed by atoms with Crippen LogP contribution in [0.1, 0.15) is 16.8 Å². The first-order chi connectivity index (χ1) is 13.0. The van der Waals surface area contributed by atoms with Gasteiger partial charge in [-0.25, -0.2) is 8.78 Å². The van der Waals surface area contributed by atoms with E-state index in [1.165, 1.54) is 0 Å². The van der Waals surface area contributed by atoms with E-state index in [0.29, 0.717) is 18.5 Å². The standard InChI is InChI=1S/C20H18F2N2O3/c21-14-8-15(22)10-16(9-14)27-19-4-6-24(11-18(19)25)20(26)13-2-1-12-3-5-23-17(12)7-13/h1-3,5,7-10,18-19,23,25H,4,6,11H2/t18-,19-/m1/s1. The number of likely N-dealkylation sites (tertiary alicyclic amines) is 1. The van der Waals surface area contributed by atoms with Crippen LogP contribution < -0.4 is 4.74 Å². The molecular formula is C20H18F2N2O3. The van der Waals surface area contributed by atoms with Crippen molar-refractivity contribution >= 4 is 16.8 Å². The van der Waals surface area contributed by atoms with Gasteiger partial charge in [0.1, 0.15) is 29.6 Å². The average molecular weight is 372 g/mol. The number of fused-ring (bicyclic) bond motifs is 1. The lowest BCUT2D eigenvalue weighted by Crippen LogP contribution is -2.51. The van der Waals surface area contributed by atoms with Crippen LogP contribution in [0.2, 0.25) is 0 Å². The molecule has 2 N–H and O–H groups in total. The van der Waals surface area contributed by atoms with Crippen molar-refractivity contribution in [3.8, 4) is 5.75 Å². The Morgan fingerprint density at radius 3 is 2.67 bits per heavy atom. The molecule has 27 heavy (non-hydrogen) atoms. The fourth-order valence-corrected chi connectivity index (χ4v) is 3.37. The number of piperidine rings is 1. The quantitative estimate of drug-likeness (QED) is 0.743. The number of amides is 1. The van der Waals surface area contributed by atoms with Crippen LogP contribution in [0.4, 0.5) is 8.78 Å². The molecule has 0 aliphatic carbocycles. The molecule has 1 aromatic heterocycles. The van der Waals surface area contributed by atoms with E-state index < -0.39 is 23.8 Å². The summed E-state index contributed by atoms with van der Waals surface area (Å²) in [6, 6.07) is 10.2. The van der Waals surface area contributed by atoms with Crippen molar-refractivity contribution in [3.63, 3.8) is 0 Å². The number of aromatic amines is 1. The predicted octanol–water partition coefficient (Wildman–Crippen LogP) is 3.10. The Morgan fingerprint density at radius 2 is 1.93 bits per heavy atom. The van der Waals surface area contributed by atoms with Crippen LogP contribution in [0.3, 0.4) is 0 Å². The van der Waals surface area contributed by atoms with E-state index in [2.05, 4.69) is 4.98 Å². The van der Waals surface area contributed by atoms with Crippen LogP contribution in [0, 0.1) is 11.6 Å². The summed E-state index contributed by atoms with van der Waals surface area (Å²) in [7, 11) is 0. The predicted molar refractivity (Wildman–Crippen MR) is 95.6 cm³/mol. The number of aliphatic hydroxyl groups excluding tert-OH is 1. The molecule has 0 unspecified atom stereocenters. The number of H-pyrrole nitrogens is 1. The zero-order chi connectivity index (χ0) is 19.0. The Kier molecular flexibility index (Phi) is 4.53.